The number of aliphatic carboxylic acids is 1. The Morgan fingerprint density at radius 2 is 2.09 bits per heavy atom. The Bertz CT molecular complexity index is 134. The zero-order valence-corrected chi connectivity index (χ0v) is 6.84. The summed E-state index contributed by atoms with van der Waals surface area (Å²) in [6.07, 6.45) is 2.09. The van der Waals surface area contributed by atoms with E-state index in [2.05, 4.69) is 0 Å². The standard InChI is InChI=1S/C7H16N2O2/c1-7(9,6(10)11)4-2-3-5-8/h2-5,8-9H2,1H3,(H,10,11). The third-order valence-corrected chi connectivity index (χ3v) is 1.64. The van der Waals surface area contributed by atoms with E-state index >= 15 is 0 Å². The molecule has 0 fully saturated rings. The second-order valence-corrected chi connectivity index (χ2v) is 2.97. The summed E-state index contributed by atoms with van der Waals surface area (Å²) in [6, 6.07) is 0. The average molecular weight is 160 g/mol. The van der Waals surface area contributed by atoms with Gasteiger partial charge in [0.2, 0.25) is 0 Å². The predicted octanol–water partition coefficient (Wildman–Crippen LogP) is -0.0826. The van der Waals surface area contributed by atoms with Crippen molar-refractivity contribution in [3.63, 3.8) is 0 Å². The lowest BCUT2D eigenvalue weighted by Gasteiger charge is -2.18. The molecular formula is C7H16N2O2. The van der Waals surface area contributed by atoms with Crippen LogP contribution in [-0.2, 0) is 4.79 Å². The van der Waals surface area contributed by atoms with Crippen molar-refractivity contribution in [1.29, 1.82) is 0 Å². The van der Waals surface area contributed by atoms with E-state index in [0.717, 1.165) is 12.8 Å². The van der Waals surface area contributed by atoms with Gasteiger partial charge in [-0.3, -0.25) is 4.79 Å². The van der Waals surface area contributed by atoms with E-state index in [-0.39, 0.29) is 0 Å². The van der Waals surface area contributed by atoms with Crippen LogP contribution in [0.2, 0.25) is 0 Å². The number of carbonyl (C=O) groups is 1. The zero-order chi connectivity index (χ0) is 8.91. The predicted molar refractivity (Wildman–Crippen MR) is 43.1 cm³/mol. The molecular weight excluding hydrogens is 144 g/mol. The van der Waals surface area contributed by atoms with Gasteiger partial charge in [0.1, 0.15) is 5.54 Å². The Labute approximate surface area is 66.6 Å². The van der Waals surface area contributed by atoms with E-state index in [4.69, 9.17) is 16.6 Å². The van der Waals surface area contributed by atoms with Crippen LogP contribution in [0.1, 0.15) is 26.2 Å². The van der Waals surface area contributed by atoms with E-state index in [1.54, 1.807) is 0 Å². The summed E-state index contributed by atoms with van der Waals surface area (Å²) in [5, 5.41) is 8.58. The lowest BCUT2D eigenvalue weighted by atomic mass is 9.96. The molecule has 11 heavy (non-hydrogen) atoms. The minimum absolute atomic E-state index is 0.486. The maximum atomic E-state index is 10.5. The van der Waals surface area contributed by atoms with Crippen LogP contribution in [0.4, 0.5) is 0 Å². The number of unbranched alkanes of at least 4 members (excludes halogenated alkanes) is 1. The van der Waals surface area contributed by atoms with Crippen LogP contribution in [0, 0.1) is 0 Å². The Morgan fingerprint density at radius 3 is 2.45 bits per heavy atom. The first-order valence-corrected chi connectivity index (χ1v) is 3.73. The quantitative estimate of drug-likeness (QED) is 0.490. The summed E-state index contributed by atoms with van der Waals surface area (Å²) in [4.78, 5) is 10.5. The maximum Gasteiger partial charge on any atom is 0.323 e. The minimum atomic E-state index is -1.09. The van der Waals surface area contributed by atoms with Crippen molar-refractivity contribution in [1.82, 2.24) is 0 Å². The average Bonchev–Trinajstić information content (AvgIpc) is 1.88. The van der Waals surface area contributed by atoms with Crippen molar-refractivity contribution in [2.24, 2.45) is 11.5 Å². The van der Waals surface area contributed by atoms with Gasteiger partial charge in [-0.25, -0.2) is 0 Å². The van der Waals surface area contributed by atoms with Crippen LogP contribution < -0.4 is 11.5 Å². The van der Waals surface area contributed by atoms with Gasteiger partial charge in [0.25, 0.3) is 0 Å². The number of carboxylic acids is 1. The third-order valence-electron chi connectivity index (χ3n) is 1.64. The van der Waals surface area contributed by atoms with Gasteiger partial charge in [-0.15, -0.1) is 0 Å². The highest BCUT2D eigenvalue weighted by atomic mass is 16.4. The first-order chi connectivity index (χ1) is 5.00. The zero-order valence-electron chi connectivity index (χ0n) is 6.84. The first kappa shape index (κ1) is 10.4. The number of carboxylic acid groups (broad SMARTS) is 1. The van der Waals surface area contributed by atoms with Crippen molar-refractivity contribution in [2.45, 2.75) is 31.7 Å². The Morgan fingerprint density at radius 1 is 1.55 bits per heavy atom. The number of hydrogen-bond acceptors (Lipinski definition) is 3. The van der Waals surface area contributed by atoms with Crippen LogP contribution in [-0.4, -0.2) is 23.2 Å². The molecule has 0 heterocycles. The van der Waals surface area contributed by atoms with Gasteiger partial charge in [-0.2, -0.15) is 0 Å². The third kappa shape index (κ3) is 3.95. The van der Waals surface area contributed by atoms with Gasteiger partial charge in [0, 0.05) is 0 Å². The Kier molecular flexibility index (Phi) is 4.07. The van der Waals surface area contributed by atoms with Crippen LogP contribution in [0.25, 0.3) is 0 Å². The highest BCUT2D eigenvalue weighted by Gasteiger charge is 2.26. The molecule has 0 rings (SSSR count). The summed E-state index contributed by atoms with van der Waals surface area (Å²) in [5.74, 6) is -0.950. The lowest BCUT2D eigenvalue weighted by molar-refractivity contribution is -0.142. The Balaban J connectivity index is 3.64. The van der Waals surface area contributed by atoms with Crippen LogP contribution in [0.15, 0.2) is 0 Å². The fraction of sp³-hybridized carbons (Fsp3) is 0.857. The topological polar surface area (TPSA) is 89.3 Å². The lowest BCUT2D eigenvalue weighted by Crippen LogP contribution is -2.44. The molecule has 0 saturated carbocycles. The summed E-state index contributed by atoms with van der Waals surface area (Å²) in [5.41, 5.74) is 9.62. The molecule has 0 saturated heterocycles. The first-order valence-electron chi connectivity index (χ1n) is 3.73. The summed E-state index contributed by atoms with van der Waals surface area (Å²) >= 11 is 0. The molecule has 0 spiro atoms. The summed E-state index contributed by atoms with van der Waals surface area (Å²) in [7, 11) is 0. The molecule has 1 atom stereocenters. The van der Waals surface area contributed by atoms with Gasteiger partial charge in [-0.05, 0) is 32.7 Å². The molecule has 66 valence electrons. The van der Waals surface area contributed by atoms with Crippen molar-refractivity contribution in [3.05, 3.63) is 0 Å². The van der Waals surface area contributed by atoms with E-state index in [1.165, 1.54) is 6.92 Å². The van der Waals surface area contributed by atoms with Gasteiger partial charge >= 0.3 is 5.97 Å². The number of hydrogen-bond donors (Lipinski definition) is 3. The van der Waals surface area contributed by atoms with Gasteiger partial charge < -0.3 is 16.6 Å². The van der Waals surface area contributed by atoms with Crippen LogP contribution in [0.3, 0.4) is 0 Å². The van der Waals surface area contributed by atoms with Crippen molar-refractivity contribution in [3.8, 4) is 0 Å². The SMILES string of the molecule is CC(N)(CCCCN)C(=O)O. The van der Waals surface area contributed by atoms with Crippen LogP contribution in [0.5, 0.6) is 0 Å². The summed E-state index contributed by atoms with van der Waals surface area (Å²) < 4.78 is 0. The molecule has 0 aliphatic rings. The fourth-order valence-electron chi connectivity index (χ4n) is 0.743. The molecule has 0 amide bonds. The highest BCUT2D eigenvalue weighted by Crippen LogP contribution is 2.09. The monoisotopic (exact) mass is 160 g/mol. The van der Waals surface area contributed by atoms with Gasteiger partial charge in [0.05, 0.1) is 0 Å². The van der Waals surface area contributed by atoms with Crippen LogP contribution >= 0.6 is 0 Å². The number of nitrogens with two attached hydrogens (primary N) is 2. The largest absolute Gasteiger partial charge is 0.480 e. The molecule has 1 unspecified atom stereocenters. The van der Waals surface area contributed by atoms with Crippen molar-refractivity contribution >= 4 is 5.97 Å². The highest BCUT2D eigenvalue weighted by molar-refractivity contribution is 5.77. The second kappa shape index (κ2) is 4.31. The molecule has 0 aliphatic heterocycles. The minimum Gasteiger partial charge on any atom is -0.480 e. The smallest absolute Gasteiger partial charge is 0.323 e. The molecule has 0 aromatic heterocycles. The fourth-order valence-corrected chi connectivity index (χ4v) is 0.743. The van der Waals surface area contributed by atoms with Crippen molar-refractivity contribution < 1.29 is 9.90 Å². The normalized spacial score (nSPS) is 15.9. The maximum absolute atomic E-state index is 10.5. The molecule has 5 N–H and O–H groups in total. The molecule has 4 nitrogen and oxygen atoms in total. The molecule has 0 aromatic rings. The van der Waals surface area contributed by atoms with Gasteiger partial charge in [0.15, 0.2) is 0 Å². The second-order valence-electron chi connectivity index (χ2n) is 2.97. The summed E-state index contributed by atoms with van der Waals surface area (Å²) in [6.45, 7) is 2.11. The number of rotatable bonds is 5. The van der Waals surface area contributed by atoms with Gasteiger partial charge in [-0.1, -0.05) is 0 Å². The molecule has 0 aromatic carbocycles. The van der Waals surface area contributed by atoms with E-state index in [9.17, 15) is 4.79 Å². The Hall–Kier alpha value is -0.610. The van der Waals surface area contributed by atoms with Crippen molar-refractivity contribution in [2.75, 3.05) is 6.54 Å². The van der Waals surface area contributed by atoms with E-state index in [0.29, 0.717) is 13.0 Å². The molecule has 0 bridgehead atoms. The van der Waals surface area contributed by atoms with E-state index in [1.807, 2.05) is 0 Å². The van der Waals surface area contributed by atoms with E-state index < -0.39 is 11.5 Å². The molecule has 0 radical (unpaired) electrons. The molecule has 0 aliphatic carbocycles. The molecule has 4 heteroatoms.